The summed E-state index contributed by atoms with van der Waals surface area (Å²) in [6.07, 6.45) is 0. The van der Waals surface area contributed by atoms with Crippen molar-refractivity contribution in [2.24, 2.45) is 0 Å². The zero-order chi connectivity index (χ0) is 24.3. The number of aryl methyl sites for hydroxylation is 1. The lowest BCUT2D eigenvalue weighted by Gasteiger charge is -2.34. The number of hydrogen-bond donors (Lipinski definition) is 2. The van der Waals surface area contributed by atoms with Crippen molar-refractivity contribution in [2.45, 2.75) is 24.0 Å². The zero-order valence-electron chi connectivity index (χ0n) is 19.2. The standard InChI is InChI=1S/C27H25N3O3S/c1-18-8-10-20(11-9-18)25(31)29-30-26(32)24(17-12-19-6-4-5-7-23(19)28)34-27(30,2)21-13-15-22(33-3)16-14-21/h4-11,13-16,24H,28H2,1-3H3,(H,29,31). The molecule has 2 atom stereocenters. The van der Waals surface area contributed by atoms with Gasteiger partial charge in [0, 0.05) is 16.8 Å². The molecular weight excluding hydrogens is 446 g/mol. The molecule has 1 aliphatic heterocycles. The van der Waals surface area contributed by atoms with Crippen LogP contribution in [0.15, 0.2) is 72.8 Å². The number of nitrogen functional groups attached to an aromatic ring is 1. The summed E-state index contributed by atoms with van der Waals surface area (Å²) >= 11 is 1.37. The lowest BCUT2D eigenvalue weighted by molar-refractivity contribution is -0.134. The van der Waals surface area contributed by atoms with Crippen LogP contribution >= 0.6 is 11.8 Å². The van der Waals surface area contributed by atoms with E-state index in [-0.39, 0.29) is 11.8 Å². The summed E-state index contributed by atoms with van der Waals surface area (Å²) in [5.74, 6) is 6.12. The molecule has 3 aromatic carbocycles. The lowest BCUT2D eigenvalue weighted by Crippen LogP contribution is -2.52. The first kappa shape index (κ1) is 23.3. The molecule has 34 heavy (non-hydrogen) atoms. The van der Waals surface area contributed by atoms with Crippen molar-refractivity contribution in [3.05, 3.63) is 95.1 Å². The number of ether oxygens (including phenoxy) is 1. The van der Waals surface area contributed by atoms with Gasteiger partial charge in [0.15, 0.2) is 0 Å². The van der Waals surface area contributed by atoms with Gasteiger partial charge in [-0.05, 0) is 55.8 Å². The number of carbonyl (C=O) groups is 2. The van der Waals surface area contributed by atoms with Crippen molar-refractivity contribution in [3.8, 4) is 17.6 Å². The molecule has 0 aromatic heterocycles. The first-order valence-corrected chi connectivity index (χ1v) is 11.6. The lowest BCUT2D eigenvalue weighted by atomic mass is 10.1. The fourth-order valence-electron chi connectivity index (χ4n) is 3.64. The molecule has 6 nitrogen and oxygen atoms in total. The number of nitrogens with zero attached hydrogens (tertiary/aromatic N) is 1. The molecule has 172 valence electrons. The van der Waals surface area contributed by atoms with Crippen LogP contribution in [0.25, 0.3) is 0 Å². The number of para-hydroxylation sites is 1. The number of hydrazine groups is 1. The van der Waals surface area contributed by atoms with E-state index in [1.807, 2.05) is 68.4 Å². The van der Waals surface area contributed by atoms with Gasteiger partial charge in [-0.1, -0.05) is 53.8 Å². The number of benzene rings is 3. The maximum absolute atomic E-state index is 13.5. The van der Waals surface area contributed by atoms with Crippen molar-refractivity contribution in [1.29, 1.82) is 0 Å². The molecule has 3 aromatic rings. The number of anilines is 1. The average Bonchev–Trinajstić information content (AvgIpc) is 3.09. The highest BCUT2D eigenvalue weighted by atomic mass is 32.2. The summed E-state index contributed by atoms with van der Waals surface area (Å²) < 4.78 is 5.27. The van der Waals surface area contributed by atoms with Gasteiger partial charge in [0.05, 0.1) is 7.11 Å². The van der Waals surface area contributed by atoms with Gasteiger partial charge < -0.3 is 10.5 Å². The molecule has 0 spiro atoms. The largest absolute Gasteiger partial charge is 0.497 e. The number of rotatable bonds is 4. The molecule has 2 unspecified atom stereocenters. The predicted molar refractivity (Wildman–Crippen MR) is 135 cm³/mol. The Labute approximate surface area is 203 Å². The summed E-state index contributed by atoms with van der Waals surface area (Å²) in [6.45, 7) is 3.84. The highest BCUT2D eigenvalue weighted by molar-refractivity contribution is 8.02. The van der Waals surface area contributed by atoms with E-state index >= 15 is 0 Å². The summed E-state index contributed by atoms with van der Waals surface area (Å²) in [7, 11) is 1.60. The number of carbonyl (C=O) groups excluding carboxylic acids is 2. The van der Waals surface area contributed by atoms with Crippen LogP contribution in [0, 0.1) is 18.8 Å². The summed E-state index contributed by atoms with van der Waals surface area (Å²) in [5.41, 5.74) is 12.4. The quantitative estimate of drug-likeness (QED) is 0.442. The molecule has 2 amide bonds. The number of nitrogens with two attached hydrogens (primary N) is 1. The Morgan fingerprint density at radius 1 is 1.09 bits per heavy atom. The van der Waals surface area contributed by atoms with Gasteiger partial charge in [-0.15, -0.1) is 11.8 Å². The molecule has 3 N–H and O–H groups in total. The van der Waals surface area contributed by atoms with Gasteiger partial charge in [0.2, 0.25) is 0 Å². The fraction of sp³-hybridized carbons (Fsp3) is 0.185. The van der Waals surface area contributed by atoms with Gasteiger partial charge in [-0.25, -0.2) is 5.01 Å². The highest BCUT2D eigenvalue weighted by Crippen LogP contribution is 2.47. The van der Waals surface area contributed by atoms with Gasteiger partial charge in [0.1, 0.15) is 15.9 Å². The SMILES string of the molecule is COc1ccc(C2(C)SC(C#Cc3ccccc3N)C(=O)N2NC(=O)c2ccc(C)cc2)cc1. The summed E-state index contributed by atoms with van der Waals surface area (Å²) in [5, 5.41) is 0.694. The molecule has 0 radical (unpaired) electrons. The monoisotopic (exact) mass is 471 g/mol. The van der Waals surface area contributed by atoms with E-state index in [1.54, 1.807) is 25.3 Å². The Morgan fingerprint density at radius 2 is 1.76 bits per heavy atom. The zero-order valence-corrected chi connectivity index (χ0v) is 20.0. The third-order valence-corrected chi connectivity index (χ3v) is 7.10. The van der Waals surface area contributed by atoms with Crippen molar-refractivity contribution in [1.82, 2.24) is 10.4 Å². The second-order valence-electron chi connectivity index (χ2n) is 8.05. The molecule has 7 heteroatoms. The smallest absolute Gasteiger partial charge is 0.269 e. The predicted octanol–water partition coefficient (Wildman–Crippen LogP) is 4.10. The van der Waals surface area contributed by atoms with E-state index in [0.717, 1.165) is 11.1 Å². The maximum atomic E-state index is 13.5. The number of amides is 2. The molecule has 0 saturated carbocycles. The molecule has 0 aliphatic carbocycles. The minimum absolute atomic E-state index is 0.300. The molecule has 1 heterocycles. The number of hydrogen-bond acceptors (Lipinski definition) is 5. The van der Waals surface area contributed by atoms with Crippen LogP contribution in [0.2, 0.25) is 0 Å². The molecule has 0 bridgehead atoms. The van der Waals surface area contributed by atoms with Crippen LogP contribution in [0.4, 0.5) is 5.69 Å². The molecular formula is C27H25N3O3S. The van der Waals surface area contributed by atoms with Crippen molar-refractivity contribution >= 4 is 29.3 Å². The Morgan fingerprint density at radius 3 is 2.41 bits per heavy atom. The topological polar surface area (TPSA) is 84.7 Å². The van der Waals surface area contributed by atoms with Crippen LogP contribution in [-0.2, 0) is 9.67 Å². The number of nitrogens with one attached hydrogen (secondary N) is 1. The highest BCUT2D eigenvalue weighted by Gasteiger charge is 2.50. The summed E-state index contributed by atoms with van der Waals surface area (Å²) in [4.78, 5) is 25.6. The Hall–Kier alpha value is -3.89. The second-order valence-corrected chi connectivity index (χ2v) is 9.55. The van der Waals surface area contributed by atoms with Gasteiger partial charge in [-0.3, -0.25) is 15.0 Å². The third-order valence-electron chi connectivity index (χ3n) is 5.67. The first-order chi connectivity index (χ1) is 16.3. The molecule has 1 saturated heterocycles. The maximum Gasteiger partial charge on any atom is 0.269 e. The average molecular weight is 472 g/mol. The van der Waals surface area contributed by atoms with Crippen LogP contribution < -0.4 is 15.9 Å². The minimum atomic E-state index is -0.884. The van der Waals surface area contributed by atoms with Gasteiger partial charge in [0.25, 0.3) is 11.8 Å². The van der Waals surface area contributed by atoms with E-state index in [2.05, 4.69) is 17.3 Å². The van der Waals surface area contributed by atoms with Crippen molar-refractivity contribution < 1.29 is 14.3 Å². The van der Waals surface area contributed by atoms with Gasteiger partial charge >= 0.3 is 0 Å². The Kier molecular flexibility index (Phi) is 6.53. The van der Waals surface area contributed by atoms with E-state index < -0.39 is 10.1 Å². The van der Waals surface area contributed by atoms with E-state index in [4.69, 9.17) is 10.5 Å². The molecule has 4 rings (SSSR count). The normalized spacial score (nSPS) is 19.3. The van der Waals surface area contributed by atoms with Crippen molar-refractivity contribution in [2.75, 3.05) is 12.8 Å². The van der Waals surface area contributed by atoms with E-state index in [9.17, 15) is 9.59 Å². The van der Waals surface area contributed by atoms with Gasteiger partial charge in [-0.2, -0.15) is 0 Å². The van der Waals surface area contributed by atoms with Crippen molar-refractivity contribution in [3.63, 3.8) is 0 Å². The Balaban J connectivity index is 1.69. The van der Waals surface area contributed by atoms with Crippen LogP contribution in [0.5, 0.6) is 5.75 Å². The van der Waals surface area contributed by atoms with Crippen LogP contribution in [0.1, 0.15) is 34.0 Å². The minimum Gasteiger partial charge on any atom is -0.497 e. The number of thioether (sulfide) groups is 1. The molecule has 1 aliphatic rings. The molecule has 1 fully saturated rings. The Bertz CT molecular complexity index is 1280. The van der Waals surface area contributed by atoms with E-state index in [1.165, 1.54) is 16.8 Å². The van der Waals surface area contributed by atoms with E-state index in [0.29, 0.717) is 22.6 Å². The second kappa shape index (κ2) is 9.54. The summed E-state index contributed by atoms with van der Waals surface area (Å²) in [6, 6.07) is 21.9. The van der Waals surface area contributed by atoms with Crippen LogP contribution in [0.3, 0.4) is 0 Å². The first-order valence-electron chi connectivity index (χ1n) is 10.7. The van der Waals surface area contributed by atoms with Crippen LogP contribution in [-0.4, -0.2) is 29.2 Å². The number of methoxy groups -OCH3 is 1. The fourth-order valence-corrected chi connectivity index (χ4v) is 4.93. The third kappa shape index (κ3) is 4.59.